The summed E-state index contributed by atoms with van der Waals surface area (Å²) in [5.74, 6) is -0.205. The van der Waals surface area contributed by atoms with Crippen LogP contribution in [0.4, 0.5) is 11.4 Å². The second-order valence-corrected chi connectivity index (χ2v) is 5.69. The highest BCUT2D eigenvalue weighted by atomic mass is 35.5. The standard InChI is InChI=1S/C17H15ClN2O5/c1-9-5-12(14(23-2)7-11(9)18)20-17(22)16(21)19-10-3-4-13-15(6-10)25-8-24-13/h3-7H,8H2,1-2H3,(H,19,21)(H,20,22). The number of rotatable bonds is 3. The molecule has 0 radical (unpaired) electrons. The van der Waals surface area contributed by atoms with E-state index in [-0.39, 0.29) is 6.79 Å². The van der Waals surface area contributed by atoms with Crippen molar-refractivity contribution in [1.82, 2.24) is 0 Å². The summed E-state index contributed by atoms with van der Waals surface area (Å²) in [6, 6.07) is 8.06. The van der Waals surface area contributed by atoms with Crippen molar-refractivity contribution in [2.45, 2.75) is 6.92 Å². The van der Waals surface area contributed by atoms with Gasteiger partial charge in [0.05, 0.1) is 12.8 Å². The van der Waals surface area contributed by atoms with Gasteiger partial charge in [0, 0.05) is 22.8 Å². The van der Waals surface area contributed by atoms with Crippen molar-refractivity contribution in [1.29, 1.82) is 0 Å². The fraction of sp³-hybridized carbons (Fsp3) is 0.176. The molecule has 0 fully saturated rings. The molecule has 25 heavy (non-hydrogen) atoms. The van der Waals surface area contributed by atoms with Gasteiger partial charge in [-0.2, -0.15) is 0 Å². The lowest BCUT2D eigenvalue weighted by atomic mass is 10.2. The van der Waals surface area contributed by atoms with Crippen molar-refractivity contribution in [3.8, 4) is 17.2 Å². The predicted molar refractivity (Wildman–Crippen MR) is 92.6 cm³/mol. The van der Waals surface area contributed by atoms with Gasteiger partial charge in [-0.25, -0.2) is 0 Å². The minimum Gasteiger partial charge on any atom is -0.495 e. The summed E-state index contributed by atoms with van der Waals surface area (Å²) < 4.78 is 15.6. The van der Waals surface area contributed by atoms with E-state index in [0.29, 0.717) is 33.6 Å². The molecule has 2 amide bonds. The maximum atomic E-state index is 12.1. The smallest absolute Gasteiger partial charge is 0.314 e. The lowest BCUT2D eigenvalue weighted by Gasteiger charge is -2.12. The molecule has 8 heteroatoms. The number of hydrogen-bond acceptors (Lipinski definition) is 5. The number of carbonyl (C=O) groups excluding carboxylic acids is 2. The average molecular weight is 363 g/mol. The molecule has 2 N–H and O–H groups in total. The molecule has 2 aromatic carbocycles. The van der Waals surface area contributed by atoms with E-state index in [1.165, 1.54) is 7.11 Å². The summed E-state index contributed by atoms with van der Waals surface area (Å²) in [6.45, 7) is 1.91. The van der Waals surface area contributed by atoms with Crippen LogP contribution in [-0.2, 0) is 9.59 Å². The first-order valence-corrected chi connectivity index (χ1v) is 7.72. The zero-order valence-corrected chi connectivity index (χ0v) is 14.3. The van der Waals surface area contributed by atoms with E-state index in [9.17, 15) is 9.59 Å². The maximum absolute atomic E-state index is 12.1. The molecule has 0 aromatic heterocycles. The number of benzene rings is 2. The zero-order valence-electron chi connectivity index (χ0n) is 13.5. The fourth-order valence-electron chi connectivity index (χ4n) is 2.27. The van der Waals surface area contributed by atoms with Crippen molar-refractivity contribution >= 4 is 34.8 Å². The van der Waals surface area contributed by atoms with Crippen LogP contribution in [0.5, 0.6) is 17.2 Å². The number of amides is 2. The van der Waals surface area contributed by atoms with E-state index in [0.717, 1.165) is 5.56 Å². The Hall–Kier alpha value is -2.93. The number of halogens is 1. The molecule has 0 spiro atoms. The second kappa shape index (κ2) is 6.90. The molecule has 1 aliphatic rings. The number of nitrogens with one attached hydrogen (secondary N) is 2. The van der Waals surface area contributed by atoms with Crippen molar-refractivity contribution in [2.24, 2.45) is 0 Å². The summed E-state index contributed by atoms with van der Waals surface area (Å²) in [7, 11) is 1.45. The molecular formula is C17H15ClN2O5. The SMILES string of the molecule is COc1cc(Cl)c(C)cc1NC(=O)C(=O)Nc1ccc2c(c1)OCO2. The van der Waals surface area contributed by atoms with Gasteiger partial charge in [0.2, 0.25) is 6.79 Å². The van der Waals surface area contributed by atoms with Crippen molar-refractivity contribution in [3.63, 3.8) is 0 Å². The summed E-state index contributed by atoms with van der Waals surface area (Å²) in [6.07, 6.45) is 0. The molecule has 3 rings (SSSR count). The molecule has 1 heterocycles. The van der Waals surface area contributed by atoms with Crippen LogP contribution in [-0.4, -0.2) is 25.7 Å². The number of methoxy groups -OCH3 is 1. The third kappa shape index (κ3) is 3.61. The largest absolute Gasteiger partial charge is 0.495 e. The van der Waals surface area contributed by atoms with Gasteiger partial charge in [0.15, 0.2) is 11.5 Å². The van der Waals surface area contributed by atoms with Gasteiger partial charge in [-0.15, -0.1) is 0 Å². The van der Waals surface area contributed by atoms with E-state index in [2.05, 4.69) is 10.6 Å². The Morgan fingerprint density at radius 3 is 2.56 bits per heavy atom. The van der Waals surface area contributed by atoms with Gasteiger partial charge < -0.3 is 24.8 Å². The maximum Gasteiger partial charge on any atom is 0.314 e. The third-order valence-corrected chi connectivity index (χ3v) is 3.97. The molecule has 130 valence electrons. The van der Waals surface area contributed by atoms with Crippen molar-refractivity contribution in [3.05, 3.63) is 40.9 Å². The van der Waals surface area contributed by atoms with Gasteiger partial charge >= 0.3 is 11.8 Å². The molecule has 0 unspecified atom stereocenters. The first-order valence-electron chi connectivity index (χ1n) is 7.34. The predicted octanol–water partition coefficient (Wildman–Crippen LogP) is 2.96. The molecule has 0 saturated carbocycles. The summed E-state index contributed by atoms with van der Waals surface area (Å²) >= 11 is 6.02. The van der Waals surface area contributed by atoms with E-state index in [1.54, 1.807) is 37.3 Å². The minimum atomic E-state index is -0.835. The molecular weight excluding hydrogens is 348 g/mol. The average Bonchev–Trinajstić information content (AvgIpc) is 3.05. The van der Waals surface area contributed by atoms with Crippen molar-refractivity contribution in [2.75, 3.05) is 24.5 Å². The molecule has 0 bridgehead atoms. The van der Waals surface area contributed by atoms with E-state index in [1.807, 2.05) is 0 Å². The van der Waals surface area contributed by atoms with Gasteiger partial charge in [-0.3, -0.25) is 9.59 Å². The molecule has 0 saturated heterocycles. The Labute approximate surface area is 148 Å². The Morgan fingerprint density at radius 1 is 1.08 bits per heavy atom. The van der Waals surface area contributed by atoms with Crippen LogP contribution >= 0.6 is 11.6 Å². The number of fused-ring (bicyclic) bond motifs is 1. The number of ether oxygens (including phenoxy) is 3. The monoisotopic (exact) mass is 362 g/mol. The van der Waals surface area contributed by atoms with Crippen LogP contribution in [0.25, 0.3) is 0 Å². The zero-order chi connectivity index (χ0) is 18.0. The Balaban J connectivity index is 1.71. The molecule has 1 aliphatic heterocycles. The van der Waals surface area contributed by atoms with E-state index in [4.69, 9.17) is 25.8 Å². The first kappa shape index (κ1) is 16.9. The number of carbonyl (C=O) groups is 2. The first-order chi connectivity index (χ1) is 12.0. The quantitative estimate of drug-likeness (QED) is 0.820. The highest BCUT2D eigenvalue weighted by molar-refractivity contribution is 6.43. The number of anilines is 2. The Kier molecular flexibility index (Phi) is 4.67. The summed E-state index contributed by atoms with van der Waals surface area (Å²) in [5.41, 5.74) is 1.52. The Bertz CT molecular complexity index is 853. The fourth-order valence-corrected chi connectivity index (χ4v) is 2.42. The van der Waals surface area contributed by atoms with Crippen LogP contribution in [0.2, 0.25) is 5.02 Å². The second-order valence-electron chi connectivity index (χ2n) is 5.28. The molecule has 0 aliphatic carbocycles. The highest BCUT2D eigenvalue weighted by Gasteiger charge is 2.19. The summed E-state index contributed by atoms with van der Waals surface area (Å²) in [4.78, 5) is 24.3. The van der Waals surface area contributed by atoms with Gasteiger partial charge in [-0.05, 0) is 30.7 Å². The number of aryl methyl sites for hydroxylation is 1. The van der Waals surface area contributed by atoms with Gasteiger partial charge in [0.25, 0.3) is 0 Å². The Morgan fingerprint density at radius 2 is 1.80 bits per heavy atom. The normalized spacial score (nSPS) is 11.8. The van der Waals surface area contributed by atoms with Crippen molar-refractivity contribution < 1.29 is 23.8 Å². The molecule has 2 aromatic rings. The van der Waals surface area contributed by atoms with Gasteiger partial charge in [-0.1, -0.05) is 11.6 Å². The van der Waals surface area contributed by atoms with Crippen LogP contribution in [0.15, 0.2) is 30.3 Å². The minimum absolute atomic E-state index is 0.128. The summed E-state index contributed by atoms with van der Waals surface area (Å²) in [5, 5.41) is 5.51. The van der Waals surface area contributed by atoms with Crippen LogP contribution in [0, 0.1) is 6.92 Å². The highest BCUT2D eigenvalue weighted by Crippen LogP contribution is 2.34. The third-order valence-electron chi connectivity index (χ3n) is 3.57. The van der Waals surface area contributed by atoms with E-state index >= 15 is 0 Å². The molecule has 7 nitrogen and oxygen atoms in total. The molecule has 0 atom stereocenters. The lowest BCUT2D eigenvalue weighted by molar-refractivity contribution is -0.133. The van der Waals surface area contributed by atoms with Crippen LogP contribution in [0.1, 0.15) is 5.56 Å². The topological polar surface area (TPSA) is 85.9 Å². The number of hydrogen-bond donors (Lipinski definition) is 2. The van der Waals surface area contributed by atoms with Crippen LogP contribution < -0.4 is 24.8 Å². The van der Waals surface area contributed by atoms with Gasteiger partial charge in [0.1, 0.15) is 5.75 Å². The van der Waals surface area contributed by atoms with Crippen LogP contribution in [0.3, 0.4) is 0 Å². The lowest BCUT2D eigenvalue weighted by Crippen LogP contribution is -2.29. The van der Waals surface area contributed by atoms with E-state index < -0.39 is 11.8 Å².